The van der Waals surface area contributed by atoms with Crippen molar-refractivity contribution in [2.24, 2.45) is 0 Å². The molecule has 1 atom stereocenters. The highest BCUT2D eigenvalue weighted by Gasteiger charge is 2.20. The van der Waals surface area contributed by atoms with Crippen LogP contribution in [0.15, 0.2) is 30.6 Å². The number of esters is 1. The molecular formula is C23H28N4O5. The van der Waals surface area contributed by atoms with E-state index < -0.39 is 17.9 Å². The first-order valence-electron chi connectivity index (χ1n) is 10.4. The summed E-state index contributed by atoms with van der Waals surface area (Å²) in [4.78, 5) is 33.0. The number of hydrogen-bond acceptors (Lipinski definition) is 8. The Bertz CT molecular complexity index is 1120. The topological polar surface area (TPSA) is 116 Å². The van der Waals surface area contributed by atoms with Crippen molar-refractivity contribution in [3.8, 4) is 11.1 Å². The molecule has 3 rings (SSSR count). The van der Waals surface area contributed by atoms with E-state index in [0.717, 1.165) is 11.1 Å². The zero-order valence-corrected chi connectivity index (χ0v) is 19.0. The molecule has 1 aromatic carbocycles. The molecule has 2 aromatic heterocycles. The van der Waals surface area contributed by atoms with Crippen LogP contribution in [-0.4, -0.2) is 55.1 Å². The van der Waals surface area contributed by atoms with Crippen molar-refractivity contribution < 1.29 is 24.2 Å². The fraction of sp³-hybridized carbons (Fsp3) is 0.435. The number of benzene rings is 1. The van der Waals surface area contributed by atoms with E-state index in [-0.39, 0.29) is 24.4 Å². The molecule has 0 saturated heterocycles. The summed E-state index contributed by atoms with van der Waals surface area (Å²) in [5.74, 6) is -0.170. The summed E-state index contributed by atoms with van der Waals surface area (Å²) in [7, 11) is 0. The molecule has 1 N–H and O–H groups in total. The van der Waals surface area contributed by atoms with Gasteiger partial charge in [0.25, 0.3) is 0 Å². The fourth-order valence-electron chi connectivity index (χ4n) is 3.25. The van der Waals surface area contributed by atoms with Crippen LogP contribution in [-0.2, 0) is 27.2 Å². The van der Waals surface area contributed by atoms with Crippen LogP contribution >= 0.6 is 0 Å². The van der Waals surface area contributed by atoms with Crippen molar-refractivity contribution in [1.29, 1.82) is 0 Å². The summed E-state index contributed by atoms with van der Waals surface area (Å²) in [6.45, 7) is 8.93. The van der Waals surface area contributed by atoms with Gasteiger partial charge in [-0.1, -0.05) is 6.07 Å². The van der Waals surface area contributed by atoms with Gasteiger partial charge < -0.3 is 14.6 Å². The first-order valence-corrected chi connectivity index (χ1v) is 10.4. The molecule has 170 valence electrons. The maximum absolute atomic E-state index is 12.3. The predicted octanol–water partition coefficient (Wildman–Crippen LogP) is 2.94. The summed E-state index contributed by atoms with van der Waals surface area (Å²) in [5, 5.41) is 14.7. The highest BCUT2D eigenvalue weighted by Crippen LogP contribution is 2.27. The van der Waals surface area contributed by atoms with Gasteiger partial charge in [0.15, 0.2) is 12.1 Å². The van der Waals surface area contributed by atoms with Gasteiger partial charge in [0.2, 0.25) is 0 Å². The second-order valence-corrected chi connectivity index (χ2v) is 8.38. The molecule has 0 fully saturated rings. The lowest BCUT2D eigenvalue weighted by Crippen LogP contribution is -2.26. The van der Waals surface area contributed by atoms with Gasteiger partial charge in [0.05, 0.1) is 11.9 Å². The summed E-state index contributed by atoms with van der Waals surface area (Å²) < 4.78 is 12.0. The number of ketones is 1. The van der Waals surface area contributed by atoms with Crippen LogP contribution in [0.3, 0.4) is 0 Å². The van der Waals surface area contributed by atoms with E-state index in [1.807, 2.05) is 12.1 Å². The van der Waals surface area contributed by atoms with Gasteiger partial charge in [-0.2, -0.15) is 5.10 Å². The van der Waals surface area contributed by atoms with Crippen molar-refractivity contribution in [1.82, 2.24) is 19.7 Å². The molecule has 0 aliphatic carbocycles. The number of aliphatic hydroxyl groups excluding tert-OH is 1. The number of ether oxygens (including phenoxy) is 2. The van der Waals surface area contributed by atoms with Crippen molar-refractivity contribution in [2.75, 3.05) is 6.61 Å². The van der Waals surface area contributed by atoms with Gasteiger partial charge in [-0.05, 0) is 45.4 Å². The Balaban J connectivity index is 1.90. The molecule has 0 aliphatic heterocycles. The minimum absolute atomic E-state index is 0.0969. The van der Waals surface area contributed by atoms with Gasteiger partial charge in [0.1, 0.15) is 23.7 Å². The quantitative estimate of drug-likeness (QED) is 0.323. The number of carbonyl (C=O) groups is 2. The molecule has 9 heteroatoms. The molecule has 3 aromatic rings. The van der Waals surface area contributed by atoms with Gasteiger partial charge >= 0.3 is 5.97 Å². The summed E-state index contributed by atoms with van der Waals surface area (Å²) in [5.41, 5.74) is 1.87. The lowest BCUT2D eigenvalue weighted by molar-refractivity contribution is -0.155. The Kier molecular flexibility index (Phi) is 7.00. The van der Waals surface area contributed by atoms with Crippen molar-refractivity contribution in [3.05, 3.63) is 42.1 Å². The third kappa shape index (κ3) is 5.74. The molecule has 0 radical (unpaired) electrons. The standard InChI is InChI=1S/C23H28N4O5/c1-6-31-20(29)10-19-24-11-16(12-25-19)15-7-8-18-17(9-15)22(14(2)28)26-27(18)13-21(30)32-23(3,4)5/h7-9,11-12,20,29H,6,10,13H2,1-5H3. The van der Waals surface area contributed by atoms with E-state index in [9.17, 15) is 14.7 Å². The van der Waals surface area contributed by atoms with Crippen LogP contribution in [0.4, 0.5) is 0 Å². The lowest BCUT2D eigenvalue weighted by atomic mass is 10.0. The maximum Gasteiger partial charge on any atom is 0.328 e. The Morgan fingerprint density at radius 3 is 2.44 bits per heavy atom. The van der Waals surface area contributed by atoms with Crippen LogP contribution in [0.25, 0.3) is 22.0 Å². The molecule has 9 nitrogen and oxygen atoms in total. The monoisotopic (exact) mass is 440 g/mol. The molecular weight excluding hydrogens is 412 g/mol. The molecule has 1 unspecified atom stereocenters. The van der Waals surface area contributed by atoms with E-state index in [4.69, 9.17) is 9.47 Å². The van der Waals surface area contributed by atoms with Crippen LogP contribution in [0.2, 0.25) is 0 Å². The van der Waals surface area contributed by atoms with Crippen LogP contribution < -0.4 is 0 Å². The second-order valence-electron chi connectivity index (χ2n) is 8.38. The van der Waals surface area contributed by atoms with Crippen molar-refractivity contribution in [2.45, 2.75) is 59.5 Å². The summed E-state index contributed by atoms with van der Waals surface area (Å²) in [6, 6.07) is 5.49. The molecule has 32 heavy (non-hydrogen) atoms. The lowest BCUT2D eigenvalue weighted by Gasteiger charge is -2.19. The number of nitrogens with zero attached hydrogens (tertiary/aromatic N) is 4. The van der Waals surface area contributed by atoms with E-state index >= 15 is 0 Å². The number of aromatic nitrogens is 4. The van der Waals surface area contributed by atoms with Crippen LogP contribution in [0, 0.1) is 0 Å². The van der Waals surface area contributed by atoms with Crippen molar-refractivity contribution >= 4 is 22.7 Å². The Morgan fingerprint density at radius 2 is 1.84 bits per heavy atom. The Hall–Kier alpha value is -3.17. The summed E-state index contributed by atoms with van der Waals surface area (Å²) >= 11 is 0. The highest BCUT2D eigenvalue weighted by atomic mass is 16.6. The van der Waals surface area contributed by atoms with Gasteiger partial charge in [-0.3, -0.25) is 14.3 Å². The Morgan fingerprint density at radius 1 is 1.16 bits per heavy atom. The molecule has 2 heterocycles. The molecule has 0 aliphatic rings. The van der Waals surface area contributed by atoms with E-state index in [1.54, 1.807) is 46.2 Å². The molecule has 0 spiro atoms. The van der Waals surface area contributed by atoms with Crippen LogP contribution in [0.5, 0.6) is 0 Å². The number of aliphatic hydroxyl groups is 1. The number of hydrogen-bond donors (Lipinski definition) is 1. The number of carbonyl (C=O) groups excluding carboxylic acids is 2. The molecule has 0 amide bonds. The van der Waals surface area contributed by atoms with Gasteiger partial charge in [-0.25, -0.2) is 9.97 Å². The highest BCUT2D eigenvalue weighted by molar-refractivity contribution is 6.06. The second kappa shape index (κ2) is 9.54. The third-order valence-electron chi connectivity index (χ3n) is 4.54. The first kappa shape index (κ1) is 23.5. The van der Waals surface area contributed by atoms with E-state index in [1.165, 1.54) is 11.6 Å². The number of rotatable bonds is 8. The van der Waals surface area contributed by atoms with Crippen LogP contribution in [0.1, 0.15) is 50.9 Å². The van der Waals surface area contributed by atoms with Gasteiger partial charge in [-0.15, -0.1) is 0 Å². The molecule has 0 saturated carbocycles. The summed E-state index contributed by atoms with van der Waals surface area (Å²) in [6.07, 6.45) is 2.55. The zero-order valence-electron chi connectivity index (χ0n) is 19.0. The zero-order chi connectivity index (χ0) is 23.5. The number of fused-ring (bicyclic) bond motifs is 1. The minimum atomic E-state index is -0.948. The minimum Gasteiger partial charge on any atom is -0.459 e. The average Bonchev–Trinajstić information content (AvgIpc) is 3.05. The predicted molar refractivity (Wildman–Crippen MR) is 118 cm³/mol. The SMILES string of the molecule is CCOC(O)Cc1ncc(-c2ccc3c(c2)c(C(C)=O)nn3CC(=O)OC(C)(C)C)cn1. The average molecular weight is 441 g/mol. The smallest absolute Gasteiger partial charge is 0.328 e. The Labute approximate surface area is 186 Å². The van der Waals surface area contributed by atoms with Gasteiger partial charge in [0, 0.05) is 36.9 Å². The number of Topliss-reactive ketones (excluding diaryl/α,β-unsaturated/α-hetero) is 1. The molecule has 0 bridgehead atoms. The maximum atomic E-state index is 12.3. The third-order valence-corrected chi connectivity index (χ3v) is 4.54. The normalized spacial score (nSPS) is 12.7. The van der Waals surface area contributed by atoms with Crippen molar-refractivity contribution in [3.63, 3.8) is 0 Å². The van der Waals surface area contributed by atoms with E-state index in [2.05, 4.69) is 15.1 Å². The van der Waals surface area contributed by atoms with E-state index in [0.29, 0.717) is 23.3 Å². The first-order chi connectivity index (χ1) is 15.1. The fourth-order valence-corrected chi connectivity index (χ4v) is 3.25. The largest absolute Gasteiger partial charge is 0.459 e.